The summed E-state index contributed by atoms with van der Waals surface area (Å²) < 4.78 is 5.29. The van der Waals surface area contributed by atoms with E-state index in [-0.39, 0.29) is 11.7 Å². The number of amides is 1. The van der Waals surface area contributed by atoms with Gasteiger partial charge in [-0.25, -0.2) is 0 Å². The number of allylic oxidation sites excluding steroid dienone is 1. The van der Waals surface area contributed by atoms with Crippen molar-refractivity contribution in [3.05, 3.63) is 65.4 Å². The molecule has 0 saturated heterocycles. The van der Waals surface area contributed by atoms with Crippen LogP contribution < -0.4 is 20.7 Å². The van der Waals surface area contributed by atoms with Gasteiger partial charge in [0, 0.05) is 5.70 Å². The fraction of sp³-hybridized carbons (Fsp3) is 0.158. The van der Waals surface area contributed by atoms with Crippen molar-refractivity contribution in [1.29, 1.82) is 0 Å². The van der Waals surface area contributed by atoms with Gasteiger partial charge in [0.1, 0.15) is 11.5 Å². The van der Waals surface area contributed by atoms with E-state index in [1.807, 2.05) is 12.1 Å². The number of thiocarbonyl (C=S) groups is 1. The third kappa shape index (κ3) is 3.62. The van der Waals surface area contributed by atoms with Crippen molar-refractivity contribution in [1.82, 2.24) is 10.6 Å². The molecule has 1 atom stereocenters. The van der Waals surface area contributed by atoms with Crippen LogP contribution in [-0.4, -0.2) is 23.2 Å². The molecule has 0 unspecified atom stereocenters. The van der Waals surface area contributed by atoms with E-state index in [9.17, 15) is 9.90 Å². The molecule has 1 aliphatic rings. The highest BCUT2D eigenvalue weighted by Gasteiger charge is 2.30. The predicted molar refractivity (Wildman–Crippen MR) is 104 cm³/mol. The number of carbonyl (C=O) groups is 1. The molecule has 0 spiro atoms. The molecule has 0 radical (unpaired) electrons. The number of nitrogens with one attached hydrogen (secondary N) is 3. The third-order valence-corrected chi connectivity index (χ3v) is 4.32. The van der Waals surface area contributed by atoms with Gasteiger partial charge < -0.3 is 25.8 Å². The number of aromatic hydroxyl groups is 1. The van der Waals surface area contributed by atoms with Crippen LogP contribution in [0.2, 0.25) is 0 Å². The van der Waals surface area contributed by atoms with E-state index in [1.165, 1.54) is 0 Å². The van der Waals surface area contributed by atoms with Crippen molar-refractivity contribution < 1.29 is 14.6 Å². The van der Waals surface area contributed by atoms with Crippen LogP contribution in [0.1, 0.15) is 18.5 Å². The first kappa shape index (κ1) is 17.8. The lowest BCUT2D eigenvalue weighted by Crippen LogP contribution is -2.45. The van der Waals surface area contributed by atoms with Crippen LogP contribution in [-0.2, 0) is 4.79 Å². The normalized spacial score (nSPS) is 16.5. The second-order valence-electron chi connectivity index (χ2n) is 5.82. The molecule has 1 aliphatic heterocycles. The van der Waals surface area contributed by atoms with E-state index < -0.39 is 6.04 Å². The van der Waals surface area contributed by atoms with Crippen molar-refractivity contribution >= 4 is 28.9 Å². The number of rotatable bonds is 4. The first-order valence-corrected chi connectivity index (χ1v) is 8.42. The van der Waals surface area contributed by atoms with Gasteiger partial charge in [-0.05, 0) is 49.0 Å². The maximum atomic E-state index is 13.0. The molecule has 0 aromatic heterocycles. The van der Waals surface area contributed by atoms with Gasteiger partial charge in [-0.15, -0.1) is 0 Å². The zero-order chi connectivity index (χ0) is 18.7. The van der Waals surface area contributed by atoms with E-state index in [1.54, 1.807) is 50.4 Å². The minimum absolute atomic E-state index is 0.158. The molecule has 6 nitrogen and oxygen atoms in total. The zero-order valence-electron chi connectivity index (χ0n) is 14.4. The summed E-state index contributed by atoms with van der Waals surface area (Å²) in [6, 6.07) is 13.4. The lowest BCUT2D eigenvalue weighted by molar-refractivity contribution is -0.113. The van der Waals surface area contributed by atoms with Crippen molar-refractivity contribution in [3.63, 3.8) is 0 Å². The Morgan fingerprint density at radius 2 is 1.88 bits per heavy atom. The third-order valence-electron chi connectivity index (χ3n) is 4.10. The van der Waals surface area contributed by atoms with Crippen molar-refractivity contribution in [3.8, 4) is 11.5 Å². The number of ether oxygens (including phenoxy) is 1. The Morgan fingerprint density at radius 1 is 1.19 bits per heavy atom. The van der Waals surface area contributed by atoms with E-state index >= 15 is 0 Å². The Kier molecular flexibility index (Phi) is 5.09. The molecule has 0 bridgehead atoms. The Labute approximate surface area is 156 Å². The van der Waals surface area contributed by atoms with Crippen LogP contribution in [0, 0.1) is 0 Å². The first-order valence-electron chi connectivity index (χ1n) is 8.01. The molecule has 0 fully saturated rings. The van der Waals surface area contributed by atoms with Crippen LogP contribution in [0.5, 0.6) is 11.5 Å². The van der Waals surface area contributed by atoms with Gasteiger partial charge in [-0.1, -0.05) is 24.3 Å². The summed E-state index contributed by atoms with van der Waals surface area (Å²) in [6.45, 7) is 1.80. The molecule has 1 amide bonds. The maximum Gasteiger partial charge on any atom is 0.255 e. The molecule has 1 heterocycles. The van der Waals surface area contributed by atoms with E-state index in [0.717, 1.165) is 5.56 Å². The number of hydrogen-bond acceptors (Lipinski definition) is 4. The number of phenols is 1. The van der Waals surface area contributed by atoms with Crippen LogP contribution in [0.25, 0.3) is 0 Å². The fourth-order valence-corrected chi connectivity index (χ4v) is 3.12. The van der Waals surface area contributed by atoms with Crippen LogP contribution in [0.4, 0.5) is 5.69 Å². The number of anilines is 1. The average Bonchev–Trinajstić information content (AvgIpc) is 2.62. The number of phenolic OH excluding ortho intramolecular Hbond substituents is 1. The summed E-state index contributed by atoms with van der Waals surface area (Å²) in [6.07, 6.45) is 0. The Morgan fingerprint density at radius 3 is 2.58 bits per heavy atom. The molecule has 4 N–H and O–H groups in total. The fourth-order valence-electron chi connectivity index (χ4n) is 2.85. The molecular weight excluding hydrogens is 350 g/mol. The second-order valence-corrected chi connectivity index (χ2v) is 6.22. The summed E-state index contributed by atoms with van der Waals surface area (Å²) in [5, 5.41) is 19.0. The lowest BCUT2D eigenvalue weighted by Gasteiger charge is -2.30. The predicted octanol–water partition coefficient (Wildman–Crippen LogP) is 2.83. The number of para-hydroxylation sites is 2. The Bertz CT molecular complexity index is 878. The Balaban J connectivity index is 1.95. The number of methoxy groups -OCH3 is 1. The van der Waals surface area contributed by atoms with Crippen molar-refractivity contribution in [2.24, 2.45) is 0 Å². The van der Waals surface area contributed by atoms with Gasteiger partial charge in [0.25, 0.3) is 5.91 Å². The molecule has 3 rings (SSSR count). The molecule has 7 heteroatoms. The summed E-state index contributed by atoms with van der Waals surface area (Å²) >= 11 is 5.24. The van der Waals surface area contributed by atoms with Crippen molar-refractivity contribution in [2.45, 2.75) is 13.0 Å². The standard InChI is InChI=1S/C19H19N3O3S/c1-11-16(18(24)21-14-5-3-4-6-15(14)25-2)17(22-19(26)20-11)12-7-9-13(23)10-8-12/h3-10,17,23H,1-2H3,(H,21,24)(H2,20,22,26)/t17-/m0/s1. The molecule has 134 valence electrons. The largest absolute Gasteiger partial charge is 0.508 e. The smallest absolute Gasteiger partial charge is 0.255 e. The van der Waals surface area contributed by atoms with E-state index in [0.29, 0.717) is 27.8 Å². The zero-order valence-corrected chi connectivity index (χ0v) is 15.2. The topological polar surface area (TPSA) is 82.6 Å². The van der Waals surface area contributed by atoms with Gasteiger partial charge in [0.2, 0.25) is 0 Å². The van der Waals surface area contributed by atoms with Gasteiger partial charge in [-0.2, -0.15) is 0 Å². The average molecular weight is 369 g/mol. The van der Waals surface area contributed by atoms with Gasteiger partial charge in [0.05, 0.1) is 24.4 Å². The highest BCUT2D eigenvalue weighted by molar-refractivity contribution is 7.80. The van der Waals surface area contributed by atoms with Crippen LogP contribution in [0.15, 0.2) is 59.8 Å². The molecule has 0 aliphatic carbocycles. The molecule has 2 aromatic rings. The SMILES string of the molecule is COc1ccccc1NC(=O)C1=C(C)NC(=S)N[C@H]1c1ccc(O)cc1. The first-order chi connectivity index (χ1) is 12.5. The van der Waals surface area contributed by atoms with Gasteiger partial charge >= 0.3 is 0 Å². The quantitative estimate of drug-likeness (QED) is 0.621. The van der Waals surface area contributed by atoms with E-state index in [4.69, 9.17) is 17.0 Å². The van der Waals surface area contributed by atoms with Crippen LogP contribution in [0.3, 0.4) is 0 Å². The van der Waals surface area contributed by atoms with Crippen molar-refractivity contribution in [2.75, 3.05) is 12.4 Å². The van der Waals surface area contributed by atoms with Crippen LogP contribution >= 0.6 is 12.2 Å². The molecular formula is C19H19N3O3S. The summed E-state index contributed by atoms with van der Waals surface area (Å²) in [4.78, 5) is 13.0. The highest BCUT2D eigenvalue weighted by Crippen LogP contribution is 2.30. The van der Waals surface area contributed by atoms with Gasteiger partial charge in [0.15, 0.2) is 5.11 Å². The molecule has 2 aromatic carbocycles. The minimum Gasteiger partial charge on any atom is -0.508 e. The number of benzene rings is 2. The molecule has 0 saturated carbocycles. The maximum absolute atomic E-state index is 13.0. The van der Waals surface area contributed by atoms with E-state index in [2.05, 4.69) is 16.0 Å². The van der Waals surface area contributed by atoms with Gasteiger partial charge in [-0.3, -0.25) is 4.79 Å². The summed E-state index contributed by atoms with van der Waals surface area (Å²) in [5.41, 5.74) is 2.57. The lowest BCUT2D eigenvalue weighted by atomic mass is 9.95. The summed E-state index contributed by atoms with van der Waals surface area (Å²) in [5.74, 6) is 0.464. The Hall–Kier alpha value is -3.06. The number of hydrogen-bond donors (Lipinski definition) is 4. The monoisotopic (exact) mass is 369 g/mol. The second kappa shape index (κ2) is 7.45. The number of carbonyl (C=O) groups excluding carboxylic acids is 1. The molecule has 26 heavy (non-hydrogen) atoms. The summed E-state index contributed by atoms with van der Waals surface area (Å²) in [7, 11) is 1.55. The minimum atomic E-state index is -0.431. The highest BCUT2D eigenvalue weighted by atomic mass is 32.1.